The number of para-hydroxylation sites is 1. The van der Waals surface area contributed by atoms with Crippen LogP contribution in [0, 0.1) is 11.8 Å². The van der Waals surface area contributed by atoms with Gasteiger partial charge in [-0.25, -0.2) is 4.98 Å². The molecule has 3 aromatic rings. The standard InChI is InChI=1S/C30H33ClN6O2/c1-5-28(38)33-25-18-26(27(39-4)17-21(25)11-10-16-37-14-8-9-15-37)35-30-32-19-23(31)29(36-30)34-24-13-7-6-12-22(24)20(2)3/h5-7,12-13,17-20H,1,8-9,14-16H2,2-4H3,(H,33,38)(H2,32,34,35,36). The largest absolute Gasteiger partial charge is 0.495 e. The van der Waals surface area contributed by atoms with E-state index in [1.54, 1.807) is 19.2 Å². The molecule has 202 valence electrons. The van der Waals surface area contributed by atoms with Crippen molar-refractivity contribution in [2.24, 2.45) is 0 Å². The van der Waals surface area contributed by atoms with Gasteiger partial charge in [0.05, 0.1) is 36.8 Å². The summed E-state index contributed by atoms with van der Waals surface area (Å²) in [5, 5.41) is 9.75. The smallest absolute Gasteiger partial charge is 0.247 e. The number of methoxy groups -OCH3 is 1. The van der Waals surface area contributed by atoms with Gasteiger partial charge in [-0.05, 0) is 55.6 Å². The number of anilines is 5. The van der Waals surface area contributed by atoms with E-state index < -0.39 is 0 Å². The molecule has 3 N–H and O–H groups in total. The van der Waals surface area contributed by atoms with E-state index in [1.807, 2.05) is 18.2 Å². The summed E-state index contributed by atoms with van der Waals surface area (Å²) in [6.07, 6.45) is 5.14. The lowest BCUT2D eigenvalue weighted by atomic mass is 10.0. The maximum atomic E-state index is 12.2. The number of nitrogens with one attached hydrogen (secondary N) is 3. The van der Waals surface area contributed by atoms with Crippen molar-refractivity contribution in [1.29, 1.82) is 0 Å². The zero-order valence-corrected chi connectivity index (χ0v) is 23.2. The number of carbonyl (C=O) groups is 1. The van der Waals surface area contributed by atoms with Gasteiger partial charge in [0.2, 0.25) is 11.9 Å². The lowest BCUT2D eigenvalue weighted by molar-refractivity contribution is -0.111. The number of aromatic nitrogens is 2. The number of likely N-dealkylation sites (tertiary alicyclic amines) is 1. The summed E-state index contributed by atoms with van der Waals surface area (Å²) in [5.74, 6) is 7.67. The van der Waals surface area contributed by atoms with Crippen molar-refractivity contribution < 1.29 is 9.53 Å². The predicted octanol–water partition coefficient (Wildman–Crippen LogP) is 6.32. The number of ether oxygens (including phenoxy) is 1. The highest BCUT2D eigenvalue weighted by Crippen LogP contribution is 2.34. The first kappa shape index (κ1) is 28.0. The summed E-state index contributed by atoms with van der Waals surface area (Å²) in [6.45, 7) is 10.6. The highest BCUT2D eigenvalue weighted by Gasteiger charge is 2.15. The average molecular weight is 545 g/mol. The monoisotopic (exact) mass is 544 g/mol. The molecule has 1 aliphatic heterocycles. The zero-order chi connectivity index (χ0) is 27.8. The molecule has 0 aliphatic carbocycles. The second-order valence-corrected chi connectivity index (χ2v) is 9.87. The van der Waals surface area contributed by atoms with E-state index in [0.29, 0.717) is 51.9 Å². The van der Waals surface area contributed by atoms with E-state index in [4.69, 9.17) is 16.3 Å². The molecule has 9 heteroatoms. The summed E-state index contributed by atoms with van der Waals surface area (Å²) in [5.41, 5.74) is 3.78. The quantitative estimate of drug-likeness (QED) is 0.214. The van der Waals surface area contributed by atoms with Gasteiger partial charge in [-0.3, -0.25) is 9.69 Å². The fourth-order valence-electron chi connectivity index (χ4n) is 4.30. The Labute approximate surface area is 234 Å². The lowest BCUT2D eigenvalue weighted by Gasteiger charge is -2.17. The van der Waals surface area contributed by atoms with Crippen LogP contribution in [0.1, 0.15) is 43.7 Å². The van der Waals surface area contributed by atoms with Crippen LogP contribution in [0.5, 0.6) is 5.75 Å². The van der Waals surface area contributed by atoms with Gasteiger partial charge < -0.3 is 20.7 Å². The number of carbonyl (C=O) groups excluding carboxylic acids is 1. The molecule has 0 bridgehead atoms. The van der Waals surface area contributed by atoms with E-state index in [0.717, 1.165) is 24.3 Å². The first-order valence-corrected chi connectivity index (χ1v) is 13.3. The Morgan fingerprint density at radius 3 is 2.67 bits per heavy atom. The second kappa shape index (κ2) is 13.1. The van der Waals surface area contributed by atoms with Crippen molar-refractivity contribution >= 4 is 46.3 Å². The van der Waals surface area contributed by atoms with Gasteiger partial charge in [0, 0.05) is 11.8 Å². The Morgan fingerprint density at radius 1 is 1.18 bits per heavy atom. The summed E-state index contributed by atoms with van der Waals surface area (Å²) in [7, 11) is 1.57. The lowest BCUT2D eigenvalue weighted by Crippen LogP contribution is -2.19. The minimum absolute atomic E-state index is 0.302. The molecule has 2 heterocycles. The van der Waals surface area contributed by atoms with Crippen molar-refractivity contribution in [2.45, 2.75) is 32.6 Å². The molecule has 1 aromatic heterocycles. The van der Waals surface area contributed by atoms with E-state index in [-0.39, 0.29) is 5.91 Å². The Balaban J connectivity index is 1.64. The van der Waals surface area contributed by atoms with Gasteiger partial charge in [-0.15, -0.1) is 0 Å². The Morgan fingerprint density at radius 2 is 1.95 bits per heavy atom. The zero-order valence-electron chi connectivity index (χ0n) is 22.5. The summed E-state index contributed by atoms with van der Waals surface area (Å²) in [6, 6.07) is 11.6. The van der Waals surface area contributed by atoms with Gasteiger partial charge in [0.25, 0.3) is 0 Å². The number of halogens is 1. The van der Waals surface area contributed by atoms with Gasteiger partial charge in [0.15, 0.2) is 5.82 Å². The van der Waals surface area contributed by atoms with Crippen LogP contribution in [-0.2, 0) is 4.79 Å². The molecule has 8 nitrogen and oxygen atoms in total. The summed E-state index contributed by atoms with van der Waals surface area (Å²) in [4.78, 5) is 23.4. The molecule has 0 spiro atoms. The van der Waals surface area contributed by atoms with Crippen LogP contribution in [0.2, 0.25) is 5.02 Å². The van der Waals surface area contributed by atoms with Gasteiger partial charge >= 0.3 is 0 Å². The predicted molar refractivity (Wildman–Crippen MR) is 159 cm³/mol. The maximum absolute atomic E-state index is 12.2. The molecule has 1 aliphatic rings. The highest BCUT2D eigenvalue weighted by atomic mass is 35.5. The van der Waals surface area contributed by atoms with Crippen molar-refractivity contribution in [1.82, 2.24) is 14.9 Å². The fourth-order valence-corrected chi connectivity index (χ4v) is 4.44. The van der Waals surface area contributed by atoms with E-state index >= 15 is 0 Å². The molecule has 0 atom stereocenters. The summed E-state index contributed by atoms with van der Waals surface area (Å²) >= 11 is 6.44. The fraction of sp³-hybridized carbons (Fsp3) is 0.300. The first-order chi connectivity index (χ1) is 18.9. The first-order valence-electron chi connectivity index (χ1n) is 12.9. The van der Waals surface area contributed by atoms with Gasteiger partial charge in [0.1, 0.15) is 10.8 Å². The van der Waals surface area contributed by atoms with Crippen LogP contribution in [0.4, 0.5) is 28.8 Å². The minimum atomic E-state index is -0.341. The second-order valence-electron chi connectivity index (χ2n) is 9.46. The van der Waals surface area contributed by atoms with Crippen molar-refractivity contribution in [3.8, 4) is 17.6 Å². The molecule has 39 heavy (non-hydrogen) atoms. The third kappa shape index (κ3) is 7.29. The minimum Gasteiger partial charge on any atom is -0.495 e. The third-order valence-electron chi connectivity index (χ3n) is 6.33. The topological polar surface area (TPSA) is 91.4 Å². The van der Waals surface area contributed by atoms with Crippen LogP contribution in [0.3, 0.4) is 0 Å². The molecule has 1 amide bonds. The van der Waals surface area contributed by atoms with Crippen molar-refractivity contribution in [3.05, 3.63) is 71.4 Å². The van der Waals surface area contributed by atoms with E-state index in [2.05, 4.69) is 69.2 Å². The van der Waals surface area contributed by atoms with Gasteiger partial charge in [-0.2, -0.15) is 4.98 Å². The average Bonchev–Trinajstić information content (AvgIpc) is 3.45. The van der Waals surface area contributed by atoms with Crippen LogP contribution >= 0.6 is 11.6 Å². The normalized spacial score (nSPS) is 12.9. The number of nitrogens with zero attached hydrogens (tertiary/aromatic N) is 3. The molecule has 2 aromatic carbocycles. The molecule has 4 rings (SSSR count). The Bertz CT molecular complexity index is 1410. The maximum Gasteiger partial charge on any atom is 0.247 e. The highest BCUT2D eigenvalue weighted by molar-refractivity contribution is 6.32. The Kier molecular flexibility index (Phi) is 9.42. The van der Waals surface area contributed by atoms with Crippen LogP contribution in [0.25, 0.3) is 0 Å². The number of rotatable bonds is 9. The molecule has 0 saturated carbocycles. The van der Waals surface area contributed by atoms with Crippen molar-refractivity contribution in [2.75, 3.05) is 42.7 Å². The molecular formula is C30H33ClN6O2. The summed E-state index contributed by atoms with van der Waals surface area (Å²) < 4.78 is 5.65. The number of hydrogen-bond acceptors (Lipinski definition) is 7. The van der Waals surface area contributed by atoms with Crippen molar-refractivity contribution in [3.63, 3.8) is 0 Å². The van der Waals surface area contributed by atoms with E-state index in [1.165, 1.54) is 25.1 Å². The van der Waals surface area contributed by atoms with E-state index in [9.17, 15) is 4.79 Å². The molecule has 0 unspecified atom stereocenters. The van der Waals surface area contributed by atoms with Crippen LogP contribution < -0.4 is 20.7 Å². The molecule has 1 saturated heterocycles. The molecule has 1 fully saturated rings. The number of benzene rings is 2. The molecule has 0 radical (unpaired) electrons. The van der Waals surface area contributed by atoms with Gasteiger partial charge in [-0.1, -0.05) is 62.1 Å². The Hall–Kier alpha value is -4.06. The molecular weight excluding hydrogens is 512 g/mol. The van der Waals surface area contributed by atoms with Crippen LogP contribution in [0.15, 0.2) is 55.3 Å². The SMILES string of the molecule is C=CC(=O)Nc1cc(Nc2ncc(Cl)c(Nc3ccccc3C(C)C)n2)c(OC)cc1C#CCN1CCCC1. The third-order valence-corrected chi connectivity index (χ3v) is 6.61. The number of hydrogen-bond donors (Lipinski definition) is 3. The van der Waals surface area contributed by atoms with Crippen LogP contribution in [-0.4, -0.2) is 47.5 Å². The number of amides is 1.